The maximum atomic E-state index is 12.9. The molecule has 232 valence electrons. The zero-order valence-electron chi connectivity index (χ0n) is 24.1. The molecule has 2 aliphatic rings. The van der Waals surface area contributed by atoms with E-state index in [0.29, 0.717) is 47.8 Å². The van der Waals surface area contributed by atoms with Gasteiger partial charge in [0, 0.05) is 60.7 Å². The van der Waals surface area contributed by atoms with Crippen molar-refractivity contribution in [2.24, 2.45) is 0 Å². The van der Waals surface area contributed by atoms with Crippen LogP contribution in [0.3, 0.4) is 0 Å². The average Bonchev–Trinajstić information content (AvgIpc) is 3.56. The molecule has 1 amide bonds. The minimum atomic E-state index is -4.27. The summed E-state index contributed by atoms with van der Waals surface area (Å²) in [6.45, 7) is 3.40. The molecule has 0 bridgehead atoms. The number of amides is 1. The molecule has 6 rings (SSSR count). The molecule has 4 aromatic rings. The van der Waals surface area contributed by atoms with Gasteiger partial charge in [-0.2, -0.15) is 18.4 Å². The maximum absolute atomic E-state index is 12.9. The third-order valence-corrected chi connectivity index (χ3v) is 9.19. The van der Waals surface area contributed by atoms with E-state index in [1.807, 2.05) is 16.7 Å². The summed E-state index contributed by atoms with van der Waals surface area (Å²) in [5.41, 5.74) is 2.49. The molecule has 44 heavy (non-hydrogen) atoms. The number of carbonyl (C=O) groups is 1. The number of nitriles is 1. The number of rotatable bonds is 9. The van der Waals surface area contributed by atoms with Gasteiger partial charge >= 0.3 is 6.18 Å². The molecule has 2 saturated heterocycles. The first-order chi connectivity index (χ1) is 21.2. The molecular weight excluding hydrogens is 595 g/mol. The molecule has 14 heteroatoms. The fraction of sp³-hybridized carbons (Fsp3) is 0.467. The summed E-state index contributed by atoms with van der Waals surface area (Å²) < 4.78 is 52.1. The molecule has 3 aromatic heterocycles. The lowest BCUT2D eigenvalue weighted by molar-refractivity contribution is -0.133. The van der Waals surface area contributed by atoms with Crippen molar-refractivity contribution in [3.8, 4) is 11.8 Å². The van der Waals surface area contributed by atoms with E-state index >= 15 is 0 Å². The van der Waals surface area contributed by atoms with Crippen molar-refractivity contribution in [2.75, 3.05) is 38.7 Å². The zero-order chi connectivity index (χ0) is 30.8. The average molecular weight is 628 g/mol. The number of hydrogen-bond acceptors (Lipinski definition) is 9. The summed E-state index contributed by atoms with van der Waals surface area (Å²) in [5.74, 6) is 1.20. The number of carbonyl (C=O) groups excluding carboxylic acids is 1. The predicted molar refractivity (Wildman–Crippen MR) is 160 cm³/mol. The quantitative estimate of drug-likeness (QED) is 0.276. The van der Waals surface area contributed by atoms with Crippen molar-refractivity contribution in [1.29, 1.82) is 5.26 Å². The van der Waals surface area contributed by atoms with Gasteiger partial charge in [-0.15, -0.1) is 11.3 Å². The fourth-order valence-electron chi connectivity index (χ4n) is 5.95. The Balaban J connectivity index is 1.10. The van der Waals surface area contributed by atoms with Crippen LogP contribution in [-0.2, 0) is 29.0 Å². The summed E-state index contributed by atoms with van der Waals surface area (Å²) in [4.78, 5) is 23.0. The SMILES string of the molecule is COc1cc2c(cc1CN1CCC(Nc3ncnc4sc(CC(F)(F)F)cc34)CC1)cc(C#N)n2CC[C@H]1CNC(=O)CO1. The highest BCUT2D eigenvalue weighted by molar-refractivity contribution is 7.18. The number of morpholine rings is 1. The Morgan fingerprint density at radius 2 is 2.05 bits per heavy atom. The molecule has 2 N–H and O–H groups in total. The van der Waals surface area contributed by atoms with E-state index in [1.165, 1.54) is 6.33 Å². The highest BCUT2D eigenvalue weighted by Crippen LogP contribution is 2.34. The lowest BCUT2D eigenvalue weighted by Crippen LogP contribution is -2.43. The molecule has 5 heterocycles. The number of aromatic nitrogens is 3. The number of thiophene rings is 1. The zero-order valence-corrected chi connectivity index (χ0v) is 24.9. The summed E-state index contributed by atoms with van der Waals surface area (Å²) in [6, 6.07) is 9.94. The first kappa shape index (κ1) is 30.1. The van der Waals surface area contributed by atoms with Crippen LogP contribution in [0.5, 0.6) is 5.75 Å². The minimum absolute atomic E-state index is 0.0536. The number of ether oxygens (including phenoxy) is 2. The molecular formula is C30H32F3N7O3S. The monoisotopic (exact) mass is 627 g/mol. The van der Waals surface area contributed by atoms with Crippen LogP contribution in [0.4, 0.5) is 19.0 Å². The third kappa shape index (κ3) is 6.74. The van der Waals surface area contributed by atoms with Crippen LogP contribution in [0.1, 0.15) is 35.4 Å². The van der Waals surface area contributed by atoms with Gasteiger partial charge in [0.1, 0.15) is 41.1 Å². The molecule has 2 fully saturated rings. The highest BCUT2D eigenvalue weighted by Gasteiger charge is 2.29. The van der Waals surface area contributed by atoms with Gasteiger partial charge in [-0.3, -0.25) is 9.69 Å². The molecule has 10 nitrogen and oxygen atoms in total. The lowest BCUT2D eigenvalue weighted by atomic mass is 10.0. The molecule has 0 spiro atoms. The number of aryl methyl sites for hydroxylation is 1. The van der Waals surface area contributed by atoms with Gasteiger partial charge in [0.05, 0.1) is 30.5 Å². The van der Waals surface area contributed by atoms with Crippen molar-refractivity contribution in [3.63, 3.8) is 0 Å². The van der Waals surface area contributed by atoms with Crippen LogP contribution in [0.2, 0.25) is 0 Å². The van der Waals surface area contributed by atoms with E-state index in [2.05, 4.69) is 37.6 Å². The van der Waals surface area contributed by atoms with E-state index in [9.17, 15) is 23.2 Å². The Hall–Kier alpha value is -3.93. The summed E-state index contributed by atoms with van der Waals surface area (Å²) in [6.07, 6.45) is -1.61. The van der Waals surface area contributed by atoms with Gasteiger partial charge in [0.15, 0.2) is 0 Å². The Morgan fingerprint density at radius 1 is 1.23 bits per heavy atom. The number of piperidine rings is 1. The number of fused-ring (bicyclic) bond motifs is 2. The van der Waals surface area contributed by atoms with E-state index < -0.39 is 12.6 Å². The molecule has 1 aromatic carbocycles. The van der Waals surface area contributed by atoms with Crippen LogP contribution in [0, 0.1) is 11.3 Å². The smallest absolute Gasteiger partial charge is 0.393 e. The topological polar surface area (TPSA) is 117 Å². The predicted octanol–water partition coefficient (Wildman–Crippen LogP) is 4.61. The van der Waals surface area contributed by atoms with Crippen molar-refractivity contribution in [2.45, 2.75) is 57.1 Å². The molecule has 0 aliphatic carbocycles. The van der Waals surface area contributed by atoms with Crippen molar-refractivity contribution in [3.05, 3.63) is 46.7 Å². The summed E-state index contributed by atoms with van der Waals surface area (Å²) in [5, 5.41) is 17.7. The van der Waals surface area contributed by atoms with Crippen molar-refractivity contribution in [1.82, 2.24) is 24.8 Å². The van der Waals surface area contributed by atoms with Crippen molar-refractivity contribution < 1.29 is 27.4 Å². The number of nitrogens with one attached hydrogen (secondary N) is 2. The standard InChI is InChI=1S/C30H32F3N7O3S/c1-42-26-11-25-18(9-21(13-34)40(25)7-4-22-14-35-27(41)16-43-22)8-19(26)15-39-5-2-20(3-6-39)38-28-24-10-23(12-30(31,32)33)44-29(24)37-17-36-28/h8-11,17,20,22H,2-7,12,14-16H2,1H3,(H,35,41)(H,36,37,38)/t22-/m0/s1. The number of alkyl halides is 3. The number of halogens is 3. The first-order valence-corrected chi connectivity index (χ1v) is 15.3. The molecule has 1 atom stereocenters. The number of likely N-dealkylation sites (tertiary alicyclic amines) is 1. The van der Waals surface area contributed by atoms with Gasteiger partial charge < -0.3 is 24.7 Å². The van der Waals surface area contributed by atoms with E-state index in [0.717, 1.165) is 59.5 Å². The second-order valence-corrected chi connectivity index (χ2v) is 12.3. The number of nitrogens with zero attached hydrogens (tertiary/aromatic N) is 5. The van der Waals surface area contributed by atoms with Crippen LogP contribution >= 0.6 is 11.3 Å². The number of hydrogen-bond donors (Lipinski definition) is 2. The second-order valence-electron chi connectivity index (χ2n) is 11.2. The Bertz CT molecular complexity index is 1700. The van der Waals surface area contributed by atoms with Gasteiger partial charge in [-0.1, -0.05) is 0 Å². The van der Waals surface area contributed by atoms with Gasteiger partial charge in [0.2, 0.25) is 5.91 Å². The summed E-state index contributed by atoms with van der Waals surface area (Å²) >= 11 is 1.05. The van der Waals surface area contributed by atoms with Crippen LogP contribution in [0.15, 0.2) is 30.6 Å². The molecule has 2 aliphatic heterocycles. The number of benzene rings is 1. The normalized spacial score (nSPS) is 18.4. The second kappa shape index (κ2) is 12.6. The van der Waals surface area contributed by atoms with E-state index in [4.69, 9.17) is 9.47 Å². The third-order valence-electron chi connectivity index (χ3n) is 8.15. The number of methoxy groups -OCH3 is 1. The van der Waals surface area contributed by atoms with Gasteiger partial charge in [-0.25, -0.2) is 9.97 Å². The number of anilines is 1. The highest BCUT2D eigenvalue weighted by atomic mass is 32.1. The molecule has 0 saturated carbocycles. The maximum Gasteiger partial charge on any atom is 0.393 e. The summed E-state index contributed by atoms with van der Waals surface area (Å²) in [7, 11) is 1.64. The van der Waals surface area contributed by atoms with E-state index in [1.54, 1.807) is 13.2 Å². The largest absolute Gasteiger partial charge is 0.496 e. The fourth-order valence-corrected chi connectivity index (χ4v) is 6.98. The van der Waals surface area contributed by atoms with Crippen LogP contribution in [-0.4, -0.2) is 77.0 Å². The molecule has 0 radical (unpaired) electrons. The lowest BCUT2D eigenvalue weighted by Gasteiger charge is -2.33. The van der Waals surface area contributed by atoms with Crippen LogP contribution in [0.25, 0.3) is 21.1 Å². The Labute approximate surface area is 255 Å². The Kier molecular flexibility index (Phi) is 8.61. The van der Waals surface area contributed by atoms with Crippen molar-refractivity contribution >= 4 is 44.2 Å². The Morgan fingerprint density at radius 3 is 2.75 bits per heavy atom. The van der Waals surface area contributed by atoms with E-state index in [-0.39, 0.29) is 29.5 Å². The first-order valence-electron chi connectivity index (χ1n) is 14.5. The van der Waals surface area contributed by atoms with Gasteiger partial charge in [0.25, 0.3) is 0 Å². The minimum Gasteiger partial charge on any atom is -0.496 e. The van der Waals surface area contributed by atoms with Crippen LogP contribution < -0.4 is 15.4 Å². The molecule has 0 unspecified atom stereocenters. The van der Waals surface area contributed by atoms with Gasteiger partial charge in [-0.05, 0) is 37.5 Å².